The summed E-state index contributed by atoms with van der Waals surface area (Å²) in [6.45, 7) is 8.07. The molecule has 2 heteroatoms. The van der Waals surface area contributed by atoms with Crippen LogP contribution in [-0.4, -0.2) is 10.7 Å². The number of nitrogens with zero attached hydrogens (tertiary/aromatic N) is 2. The quantitative estimate of drug-likeness (QED) is 0.773. The molecule has 3 rings (SSSR count). The van der Waals surface area contributed by atoms with E-state index in [1.807, 2.05) is 18.5 Å². The Labute approximate surface area is 110 Å². The highest BCUT2D eigenvalue weighted by Crippen LogP contribution is 2.64. The highest BCUT2D eigenvalue weighted by Gasteiger charge is 2.59. The number of hydrogen-bond donors (Lipinski definition) is 0. The molecule has 0 aromatic carbocycles. The van der Waals surface area contributed by atoms with Gasteiger partial charge >= 0.3 is 0 Å². The van der Waals surface area contributed by atoms with Crippen LogP contribution in [0, 0.1) is 16.7 Å². The zero-order chi connectivity index (χ0) is 12.8. The number of fused-ring (bicyclic) bond motifs is 2. The van der Waals surface area contributed by atoms with Gasteiger partial charge in [0.05, 0.1) is 6.54 Å². The first-order chi connectivity index (χ1) is 8.54. The SMILES string of the molecule is CC1(C)[C@@H]2CC[C@@]1(C)C(=NCc1cccnc1)C2. The summed E-state index contributed by atoms with van der Waals surface area (Å²) in [5, 5.41) is 0. The zero-order valence-electron chi connectivity index (χ0n) is 11.6. The molecule has 1 heterocycles. The predicted octanol–water partition coefficient (Wildman–Crippen LogP) is 3.87. The highest BCUT2D eigenvalue weighted by atomic mass is 14.8. The van der Waals surface area contributed by atoms with Crippen molar-refractivity contribution in [3.63, 3.8) is 0 Å². The van der Waals surface area contributed by atoms with Crippen LogP contribution >= 0.6 is 0 Å². The summed E-state index contributed by atoms with van der Waals surface area (Å²) in [7, 11) is 0. The summed E-state index contributed by atoms with van der Waals surface area (Å²) in [5.74, 6) is 0.843. The Morgan fingerprint density at radius 3 is 2.78 bits per heavy atom. The Balaban J connectivity index is 1.83. The van der Waals surface area contributed by atoms with Crippen LogP contribution in [0.4, 0.5) is 0 Å². The molecule has 2 fully saturated rings. The van der Waals surface area contributed by atoms with Crippen molar-refractivity contribution >= 4 is 5.71 Å². The van der Waals surface area contributed by atoms with Crippen LogP contribution in [0.15, 0.2) is 29.5 Å². The lowest BCUT2D eigenvalue weighted by Gasteiger charge is -2.34. The van der Waals surface area contributed by atoms with Gasteiger partial charge in [-0.15, -0.1) is 0 Å². The molecule has 2 nitrogen and oxygen atoms in total. The van der Waals surface area contributed by atoms with Crippen molar-refractivity contribution in [3.05, 3.63) is 30.1 Å². The van der Waals surface area contributed by atoms with E-state index in [1.54, 1.807) is 0 Å². The van der Waals surface area contributed by atoms with Crippen LogP contribution in [0.2, 0.25) is 0 Å². The summed E-state index contributed by atoms with van der Waals surface area (Å²) in [6.07, 6.45) is 7.65. The van der Waals surface area contributed by atoms with Gasteiger partial charge in [0.1, 0.15) is 0 Å². The van der Waals surface area contributed by atoms with Crippen LogP contribution in [-0.2, 0) is 6.54 Å². The second-order valence-corrected chi connectivity index (χ2v) is 6.62. The van der Waals surface area contributed by atoms with E-state index in [0.29, 0.717) is 10.8 Å². The fraction of sp³-hybridized carbons (Fsp3) is 0.625. The van der Waals surface area contributed by atoms with Gasteiger partial charge in [-0.05, 0) is 42.2 Å². The largest absolute Gasteiger partial charge is 0.289 e. The summed E-state index contributed by atoms with van der Waals surface area (Å²) in [5.41, 5.74) is 3.43. The normalized spacial score (nSPS) is 35.3. The average Bonchev–Trinajstić information content (AvgIpc) is 2.70. The van der Waals surface area contributed by atoms with E-state index in [2.05, 4.69) is 31.8 Å². The van der Waals surface area contributed by atoms with E-state index in [9.17, 15) is 0 Å². The number of aliphatic imine (C=N–C) groups is 1. The third-order valence-corrected chi connectivity index (χ3v) is 5.69. The first-order valence-electron chi connectivity index (χ1n) is 6.97. The van der Waals surface area contributed by atoms with Crippen LogP contribution in [0.1, 0.15) is 45.6 Å². The smallest absolute Gasteiger partial charge is 0.0654 e. The molecule has 2 aliphatic carbocycles. The minimum absolute atomic E-state index is 0.333. The second-order valence-electron chi connectivity index (χ2n) is 6.62. The van der Waals surface area contributed by atoms with Crippen LogP contribution in [0.25, 0.3) is 0 Å². The lowest BCUT2D eigenvalue weighted by molar-refractivity contribution is 0.194. The van der Waals surface area contributed by atoms with Gasteiger partial charge in [-0.3, -0.25) is 9.98 Å². The maximum Gasteiger partial charge on any atom is 0.0654 e. The molecule has 0 N–H and O–H groups in total. The van der Waals surface area contributed by atoms with Crippen molar-refractivity contribution in [2.45, 2.75) is 46.6 Å². The van der Waals surface area contributed by atoms with Crippen LogP contribution in [0.3, 0.4) is 0 Å². The fourth-order valence-corrected chi connectivity index (χ4v) is 3.85. The van der Waals surface area contributed by atoms with E-state index >= 15 is 0 Å². The van der Waals surface area contributed by atoms with E-state index in [1.165, 1.54) is 30.5 Å². The van der Waals surface area contributed by atoms with Gasteiger partial charge in [0.25, 0.3) is 0 Å². The van der Waals surface area contributed by atoms with Crippen molar-refractivity contribution in [2.75, 3.05) is 0 Å². The van der Waals surface area contributed by atoms with Crippen molar-refractivity contribution in [1.29, 1.82) is 0 Å². The molecule has 0 unspecified atom stereocenters. The molecule has 2 aliphatic rings. The minimum atomic E-state index is 0.333. The minimum Gasteiger partial charge on any atom is -0.289 e. The van der Waals surface area contributed by atoms with Gasteiger partial charge in [0.15, 0.2) is 0 Å². The van der Waals surface area contributed by atoms with E-state index < -0.39 is 0 Å². The van der Waals surface area contributed by atoms with Gasteiger partial charge in [0, 0.05) is 23.5 Å². The first kappa shape index (κ1) is 11.9. The summed E-state index contributed by atoms with van der Waals surface area (Å²) in [4.78, 5) is 9.07. The molecule has 18 heavy (non-hydrogen) atoms. The molecule has 96 valence electrons. The standard InChI is InChI=1S/C16H22N2/c1-15(2)13-6-7-16(15,3)14(9-13)18-11-12-5-4-8-17-10-12/h4-5,8,10,13H,6-7,9,11H2,1-3H3/t13-,16+/m1/s1. The maximum atomic E-state index is 4.92. The molecule has 1 aromatic heterocycles. The van der Waals surface area contributed by atoms with Gasteiger partial charge in [-0.2, -0.15) is 0 Å². The lowest BCUT2D eigenvalue weighted by Crippen LogP contribution is -2.32. The third-order valence-electron chi connectivity index (χ3n) is 5.69. The number of rotatable bonds is 2. The molecule has 2 saturated carbocycles. The molecule has 1 aromatic rings. The third kappa shape index (κ3) is 1.54. The summed E-state index contributed by atoms with van der Waals surface area (Å²) >= 11 is 0. The Kier molecular flexibility index (Phi) is 2.58. The molecular weight excluding hydrogens is 220 g/mol. The Bertz CT molecular complexity index is 475. The molecule has 0 radical (unpaired) electrons. The zero-order valence-corrected chi connectivity index (χ0v) is 11.6. The van der Waals surface area contributed by atoms with Crippen molar-refractivity contribution in [3.8, 4) is 0 Å². The maximum absolute atomic E-state index is 4.92. The Morgan fingerprint density at radius 1 is 1.39 bits per heavy atom. The molecule has 2 bridgehead atoms. The van der Waals surface area contributed by atoms with Crippen LogP contribution < -0.4 is 0 Å². The number of aromatic nitrogens is 1. The lowest BCUT2D eigenvalue weighted by atomic mass is 9.70. The van der Waals surface area contributed by atoms with Crippen LogP contribution in [0.5, 0.6) is 0 Å². The Morgan fingerprint density at radius 2 is 2.22 bits per heavy atom. The number of hydrogen-bond acceptors (Lipinski definition) is 2. The van der Waals surface area contributed by atoms with E-state index in [0.717, 1.165) is 12.5 Å². The first-order valence-corrected chi connectivity index (χ1v) is 6.97. The summed E-state index contributed by atoms with van der Waals surface area (Å²) < 4.78 is 0. The molecule has 2 atom stereocenters. The van der Waals surface area contributed by atoms with Gasteiger partial charge in [-0.1, -0.05) is 26.8 Å². The highest BCUT2D eigenvalue weighted by molar-refractivity contribution is 5.94. The topological polar surface area (TPSA) is 25.2 Å². The molecule has 0 spiro atoms. The van der Waals surface area contributed by atoms with Crippen molar-refractivity contribution in [1.82, 2.24) is 4.98 Å². The van der Waals surface area contributed by atoms with E-state index in [4.69, 9.17) is 4.99 Å². The van der Waals surface area contributed by atoms with Gasteiger partial charge < -0.3 is 0 Å². The fourth-order valence-electron chi connectivity index (χ4n) is 3.85. The second kappa shape index (κ2) is 3.91. The number of pyridine rings is 1. The monoisotopic (exact) mass is 242 g/mol. The summed E-state index contributed by atoms with van der Waals surface area (Å²) in [6, 6.07) is 4.10. The predicted molar refractivity (Wildman–Crippen MR) is 74.6 cm³/mol. The molecular formula is C16H22N2. The van der Waals surface area contributed by atoms with Crippen molar-refractivity contribution < 1.29 is 0 Å². The molecule has 0 amide bonds. The van der Waals surface area contributed by atoms with Gasteiger partial charge in [-0.25, -0.2) is 0 Å². The van der Waals surface area contributed by atoms with E-state index in [-0.39, 0.29) is 0 Å². The average molecular weight is 242 g/mol. The van der Waals surface area contributed by atoms with Crippen molar-refractivity contribution in [2.24, 2.45) is 21.7 Å². The molecule has 0 aliphatic heterocycles. The molecule has 0 saturated heterocycles. The van der Waals surface area contributed by atoms with Gasteiger partial charge in [0.2, 0.25) is 0 Å². The Hall–Kier alpha value is -1.18.